The molecule has 0 aliphatic rings. The highest BCUT2D eigenvalue weighted by molar-refractivity contribution is 6.04. The lowest BCUT2D eigenvalue weighted by molar-refractivity contribution is 0.846. The van der Waals surface area contributed by atoms with Crippen LogP contribution in [0.3, 0.4) is 0 Å². The largest absolute Gasteiger partial charge is 0.388 e. The third-order valence-corrected chi connectivity index (χ3v) is 6.22. The molecule has 0 fully saturated rings. The summed E-state index contributed by atoms with van der Waals surface area (Å²) in [5.74, 6) is 0. The summed E-state index contributed by atoms with van der Waals surface area (Å²) < 4.78 is 3.42. The van der Waals surface area contributed by atoms with Gasteiger partial charge in [0, 0.05) is 42.3 Å². The Balaban J connectivity index is 1.63. The number of rotatable bonds is 3. The lowest BCUT2D eigenvalue weighted by Crippen LogP contribution is -2.20. The summed E-state index contributed by atoms with van der Waals surface area (Å²) in [7, 11) is 3.66. The van der Waals surface area contributed by atoms with Crippen LogP contribution in [0, 0.1) is 0 Å². The van der Waals surface area contributed by atoms with Gasteiger partial charge in [-0.25, -0.2) is 4.79 Å². The predicted octanol–water partition coefficient (Wildman–Crippen LogP) is 5.13. The number of hydrogen-bond donors (Lipinski definition) is 1. The van der Waals surface area contributed by atoms with Crippen LogP contribution in [0.2, 0.25) is 0 Å². The fraction of sp³-hybridized carbons (Fsp3) is 0.0741. The van der Waals surface area contributed by atoms with Crippen molar-refractivity contribution in [3.05, 3.63) is 95.7 Å². The molecule has 0 aliphatic carbocycles. The lowest BCUT2D eigenvalue weighted by atomic mass is 10.0. The van der Waals surface area contributed by atoms with Gasteiger partial charge in [0.05, 0.1) is 34.0 Å². The quantitative estimate of drug-likeness (QED) is 0.422. The minimum atomic E-state index is -0.103. The Morgan fingerprint density at radius 1 is 0.818 bits per heavy atom. The number of imidazole rings is 1. The van der Waals surface area contributed by atoms with Crippen molar-refractivity contribution >= 4 is 38.5 Å². The summed E-state index contributed by atoms with van der Waals surface area (Å²) in [6.45, 7) is 0. The number of benzene rings is 3. The van der Waals surface area contributed by atoms with Crippen molar-refractivity contribution in [1.82, 2.24) is 19.1 Å². The molecule has 6 heteroatoms. The fourth-order valence-electron chi connectivity index (χ4n) is 4.42. The van der Waals surface area contributed by atoms with Crippen LogP contribution in [0.1, 0.15) is 0 Å². The average molecular weight is 431 g/mol. The first kappa shape index (κ1) is 19.3. The van der Waals surface area contributed by atoms with Gasteiger partial charge < -0.3 is 5.32 Å². The van der Waals surface area contributed by atoms with E-state index in [1.165, 1.54) is 0 Å². The second-order valence-corrected chi connectivity index (χ2v) is 8.11. The minimum absolute atomic E-state index is 0.103. The molecule has 33 heavy (non-hydrogen) atoms. The smallest absolute Gasteiger partial charge is 0.333 e. The molecule has 3 aromatic heterocycles. The minimum Gasteiger partial charge on any atom is -0.388 e. The van der Waals surface area contributed by atoms with Crippen LogP contribution in [0.25, 0.3) is 49.7 Å². The van der Waals surface area contributed by atoms with Gasteiger partial charge in [-0.1, -0.05) is 24.3 Å². The third kappa shape index (κ3) is 2.99. The Labute approximate surface area is 189 Å². The first-order chi connectivity index (χ1) is 16.1. The number of nitrogens with one attached hydrogen (secondary N) is 1. The van der Waals surface area contributed by atoms with E-state index in [2.05, 4.69) is 39.6 Å². The second-order valence-electron chi connectivity index (χ2n) is 8.11. The van der Waals surface area contributed by atoms with Crippen LogP contribution in [0.4, 0.5) is 5.69 Å². The molecule has 0 bridgehead atoms. The number of fused-ring (bicyclic) bond motifs is 4. The number of hydrogen-bond acceptors (Lipinski definition) is 4. The first-order valence-corrected chi connectivity index (χ1v) is 10.8. The van der Waals surface area contributed by atoms with Gasteiger partial charge in [0.15, 0.2) is 0 Å². The molecule has 0 amide bonds. The maximum Gasteiger partial charge on any atom is 0.333 e. The standard InChI is InChI=1S/C27H21N5O/c1-28-20-8-10-21(11-9-20)32-26-22-14-17(19-13-18-5-3-4-6-23(18)29-15-19)7-12-24(22)30-16-25(26)31(2)27(32)33/h3-16,28H,1-2H3. The van der Waals surface area contributed by atoms with Gasteiger partial charge in [-0.3, -0.25) is 19.1 Å². The van der Waals surface area contributed by atoms with E-state index < -0.39 is 0 Å². The predicted molar refractivity (Wildman–Crippen MR) is 134 cm³/mol. The summed E-state index contributed by atoms with van der Waals surface area (Å²) in [4.78, 5) is 22.5. The number of aromatic nitrogens is 4. The van der Waals surface area contributed by atoms with Crippen LogP contribution < -0.4 is 11.0 Å². The van der Waals surface area contributed by atoms with Crippen LogP contribution in [0.15, 0.2) is 90.0 Å². The number of nitrogens with zero attached hydrogens (tertiary/aromatic N) is 4. The van der Waals surface area contributed by atoms with Gasteiger partial charge in [-0.05, 0) is 54.1 Å². The number of anilines is 1. The van der Waals surface area contributed by atoms with Crippen molar-refractivity contribution in [3.63, 3.8) is 0 Å². The van der Waals surface area contributed by atoms with Crippen LogP contribution >= 0.6 is 0 Å². The molecule has 6 aromatic rings. The zero-order valence-corrected chi connectivity index (χ0v) is 18.3. The molecule has 0 radical (unpaired) electrons. The Bertz CT molecular complexity index is 1730. The molecule has 1 N–H and O–H groups in total. The summed E-state index contributed by atoms with van der Waals surface area (Å²) in [6, 6.07) is 24.2. The monoisotopic (exact) mass is 431 g/mol. The molecule has 6 nitrogen and oxygen atoms in total. The number of aryl methyl sites for hydroxylation is 1. The first-order valence-electron chi connectivity index (χ1n) is 10.8. The van der Waals surface area contributed by atoms with E-state index in [9.17, 15) is 4.79 Å². The highest BCUT2D eigenvalue weighted by Crippen LogP contribution is 2.30. The van der Waals surface area contributed by atoms with Crippen LogP contribution in [-0.2, 0) is 7.05 Å². The van der Waals surface area contributed by atoms with E-state index >= 15 is 0 Å². The molecule has 0 spiro atoms. The Morgan fingerprint density at radius 2 is 1.61 bits per heavy atom. The fourth-order valence-corrected chi connectivity index (χ4v) is 4.42. The van der Waals surface area contributed by atoms with Gasteiger partial charge in [0.2, 0.25) is 0 Å². The highest BCUT2D eigenvalue weighted by Gasteiger charge is 2.17. The molecule has 3 heterocycles. The average Bonchev–Trinajstić information content (AvgIpc) is 3.13. The lowest BCUT2D eigenvalue weighted by Gasteiger charge is -2.09. The maximum atomic E-state index is 13.3. The second kappa shape index (κ2) is 7.31. The van der Waals surface area contributed by atoms with E-state index in [1.807, 2.05) is 61.8 Å². The van der Waals surface area contributed by atoms with E-state index in [0.29, 0.717) is 0 Å². The Hall–Kier alpha value is -4.45. The molecule has 0 saturated carbocycles. The topological polar surface area (TPSA) is 64.7 Å². The summed E-state index contributed by atoms with van der Waals surface area (Å²) in [5, 5.41) is 5.14. The van der Waals surface area contributed by atoms with Crippen molar-refractivity contribution in [1.29, 1.82) is 0 Å². The van der Waals surface area contributed by atoms with Gasteiger partial charge in [-0.2, -0.15) is 0 Å². The third-order valence-electron chi connectivity index (χ3n) is 6.22. The molecule has 160 valence electrons. The number of pyridine rings is 2. The molecule has 6 rings (SSSR count). The van der Waals surface area contributed by atoms with Crippen molar-refractivity contribution in [3.8, 4) is 16.8 Å². The zero-order valence-electron chi connectivity index (χ0n) is 18.3. The van der Waals surface area contributed by atoms with Crippen LogP contribution in [0.5, 0.6) is 0 Å². The van der Waals surface area contributed by atoms with E-state index in [4.69, 9.17) is 0 Å². The van der Waals surface area contributed by atoms with Gasteiger partial charge in [0.1, 0.15) is 0 Å². The molecule has 0 aliphatic heterocycles. The Kier molecular flexibility index (Phi) is 4.26. The van der Waals surface area contributed by atoms with Crippen molar-refractivity contribution in [2.45, 2.75) is 0 Å². The Morgan fingerprint density at radius 3 is 2.42 bits per heavy atom. The SMILES string of the molecule is CNc1ccc(-n2c(=O)n(C)c3cnc4ccc(-c5cnc6ccccc6c5)cc4c32)cc1. The highest BCUT2D eigenvalue weighted by atomic mass is 16.1. The molecular weight excluding hydrogens is 410 g/mol. The molecule has 0 saturated heterocycles. The van der Waals surface area contributed by atoms with Crippen molar-refractivity contribution < 1.29 is 0 Å². The molecule has 0 atom stereocenters. The number of para-hydroxylation sites is 1. The van der Waals surface area contributed by atoms with Crippen molar-refractivity contribution in [2.24, 2.45) is 7.05 Å². The molecule has 0 unspecified atom stereocenters. The summed E-state index contributed by atoms with van der Waals surface area (Å²) in [6.07, 6.45) is 3.67. The van der Waals surface area contributed by atoms with Gasteiger partial charge in [-0.15, -0.1) is 0 Å². The molecule has 3 aromatic carbocycles. The van der Waals surface area contributed by atoms with Gasteiger partial charge in [0.25, 0.3) is 0 Å². The summed E-state index contributed by atoms with van der Waals surface area (Å²) >= 11 is 0. The maximum absolute atomic E-state index is 13.3. The summed E-state index contributed by atoms with van der Waals surface area (Å²) in [5.41, 5.74) is 7.20. The van der Waals surface area contributed by atoms with E-state index in [-0.39, 0.29) is 5.69 Å². The molecular formula is C27H21N5O. The van der Waals surface area contributed by atoms with Gasteiger partial charge >= 0.3 is 5.69 Å². The van der Waals surface area contributed by atoms with E-state index in [0.717, 1.165) is 55.3 Å². The van der Waals surface area contributed by atoms with Crippen LogP contribution in [-0.4, -0.2) is 26.1 Å². The normalized spacial score (nSPS) is 11.5. The zero-order chi connectivity index (χ0) is 22.5. The van der Waals surface area contributed by atoms with Crippen molar-refractivity contribution in [2.75, 3.05) is 12.4 Å². The van der Waals surface area contributed by atoms with E-state index in [1.54, 1.807) is 22.4 Å².